The van der Waals surface area contributed by atoms with Crippen LogP contribution in [0.4, 0.5) is 0 Å². The molecule has 0 saturated heterocycles. The van der Waals surface area contributed by atoms with Crippen LogP contribution in [0.1, 0.15) is 78.6 Å². The SMILES string of the molecule is CCCC1CCC(CN)(C2(O)CCCC2(C)C)CC1. The maximum atomic E-state index is 11.4. The second-order valence-electron chi connectivity index (χ2n) is 7.81. The first kappa shape index (κ1) is 15.3. The minimum Gasteiger partial charge on any atom is -0.389 e. The van der Waals surface area contributed by atoms with Gasteiger partial charge in [0.2, 0.25) is 0 Å². The summed E-state index contributed by atoms with van der Waals surface area (Å²) >= 11 is 0. The predicted octanol–water partition coefficient (Wildman–Crippen LogP) is 3.86. The highest BCUT2D eigenvalue weighted by atomic mass is 16.3. The number of hydrogen-bond donors (Lipinski definition) is 2. The summed E-state index contributed by atoms with van der Waals surface area (Å²) in [6.45, 7) is 7.43. The molecule has 0 bridgehead atoms. The molecular weight excluding hydrogens is 234 g/mol. The predicted molar refractivity (Wildman–Crippen MR) is 80.9 cm³/mol. The molecule has 2 fully saturated rings. The normalized spacial score (nSPS) is 42.5. The van der Waals surface area contributed by atoms with E-state index in [1.807, 2.05) is 0 Å². The van der Waals surface area contributed by atoms with Crippen molar-refractivity contribution in [2.45, 2.75) is 84.2 Å². The quantitative estimate of drug-likeness (QED) is 0.812. The van der Waals surface area contributed by atoms with Crippen LogP contribution < -0.4 is 5.73 Å². The zero-order chi connectivity index (χ0) is 14.1. The highest BCUT2D eigenvalue weighted by molar-refractivity contribution is 5.11. The van der Waals surface area contributed by atoms with E-state index in [4.69, 9.17) is 5.73 Å². The van der Waals surface area contributed by atoms with E-state index in [0.717, 1.165) is 38.0 Å². The van der Waals surface area contributed by atoms with E-state index < -0.39 is 5.60 Å². The molecule has 2 saturated carbocycles. The van der Waals surface area contributed by atoms with Crippen LogP contribution in [0.3, 0.4) is 0 Å². The summed E-state index contributed by atoms with van der Waals surface area (Å²) < 4.78 is 0. The highest BCUT2D eigenvalue weighted by Gasteiger charge is 2.60. The van der Waals surface area contributed by atoms with Crippen molar-refractivity contribution >= 4 is 0 Å². The molecule has 1 atom stereocenters. The highest BCUT2D eigenvalue weighted by Crippen LogP contribution is 2.59. The third-order valence-corrected chi connectivity index (χ3v) is 6.49. The van der Waals surface area contributed by atoms with E-state index in [1.165, 1.54) is 25.7 Å². The third kappa shape index (κ3) is 2.35. The van der Waals surface area contributed by atoms with Crippen molar-refractivity contribution in [2.75, 3.05) is 6.54 Å². The van der Waals surface area contributed by atoms with Gasteiger partial charge in [0.1, 0.15) is 0 Å². The standard InChI is InChI=1S/C17H33NO/c1-4-6-14-7-11-16(13-18,12-8-14)17(19)10-5-9-15(17,2)3/h14,19H,4-13,18H2,1-3H3. The Morgan fingerprint density at radius 1 is 1.11 bits per heavy atom. The van der Waals surface area contributed by atoms with Crippen molar-refractivity contribution in [2.24, 2.45) is 22.5 Å². The molecule has 0 aromatic carbocycles. The van der Waals surface area contributed by atoms with E-state index in [1.54, 1.807) is 0 Å². The molecule has 0 amide bonds. The monoisotopic (exact) mass is 267 g/mol. The number of hydrogen-bond acceptors (Lipinski definition) is 2. The van der Waals surface area contributed by atoms with E-state index >= 15 is 0 Å². The van der Waals surface area contributed by atoms with Gasteiger partial charge in [-0.2, -0.15) is 0 Å². The maximum absolute atomic E-state index is 11.4. The smallest absolute Gasteiger partial charge is 0.0766 e. The van der Waals surface area contributed by atoms with Crippen molar-refractivity contribution in [3.05, 3.63) is 0 Å². The molecule has 0 radical (unpaired) electrons. The van der Waals surface area contributed by atoms with E-state index in [9.17, 15) is 5.11 Å². The molecule has 2 aliphatic rings. The Hall–Kier alpha value is -0.0800. The van der Waals surface area contributed by atoms with E-state index in [-0.39, 0.29) is 10.8 Å². The first-order valence-electron chi connectivity index (χ1n) is 8.33. The minimum atomic E-state index is -0.536. The van der Waals surface area contributed by atoms with Crippen molar-refractivity contribution in [3.63, 3.8) is 0 Å². The van der Waals surface area contributed by atoms with E-state index in [0.29, 0.717) is 6.54 Å². The van der Waals surface area contributed by atoms with Crippen LogP contribution >= 0.6 is 0 Å². The topological polar surface area (TPSA) is 46.2 Å². The van der Waals surface area contributed by atoms with Gasteiger partial charge in [-0.3, -0.25) is 0 Å². The van der Waals surface area contributed by atoms with Gasteiger partial charge < -0.3 is 10.8 Å². The lowest BCUT2D eigenvalue weighted by Crippen LogP contribution is -2.59. The lowest BCUT2D eigenvalue weighted by atomic mass is 9.54. The third-order valence-electron chi connectivity index (χ3n) is 6.49. The molecule has 2 rings (SSSR count). The van der Waals surface area contributed by atoms with Crippen LogP contribution in [0.2, 0.25) is 0 Å². The molecule has 0 aromatic rings. The summed E-state index contributed by atoms with van der Waals surface area (Å²) in [5, 5.41) is 11.4. The molecule has 2 heteroatoms. The van der Waals surface area contributed by atoms with Crippen LogP contribution in [0.5, 0.6) is 0 Å². The molecule has 1 unspecified atom stereocenters. The molecule has 0 aromatic heterocycles. The van der Waals surface area contributed by atoms with Gasteiger partial charge in [-0.1, -0.05) is 33.6 Å². The molecule has 2 aliphatic carbocycles. The van der Waals surface area contributed by atoms with Gasteiger partial charge in [-0.05, 0) is 56.3 Å². The number of rotatable bonds is 4. The average molecular weight is 267 g/mol. The molecule has 19 heavy (non-hydrogen) atoms. The fraction of sp³-hybridized carbons (Fsp3) is 1.00. The van der Waals surface area contributed by atoms with Crippen molar-refractivity contribution in [1.29, 1.82) is 0 Å². The number of aliphatic hydroxyl groups is 1. The van der Waals surface area contributed by atoms with Gasteiger partial charge in [-0.25, -0.2) is 0 Å². The molecule has 0 aliphatic heterocycles. The molecule has 0 spiro atoms. The van der Waals surface area contributed by atoms with Gasteiger partial charge in [0.05, 0.1) is 5.60 Å². The summed E-state index contributed by atoms with van der Waals surface area (Å²) in [6, 6.07) is 0. The second kappa shape index (κ2) is 5.37. The van der Waals surface area contributed by atoms with Gasteiger partial charge in [0.15, 0.2) is 0 Å². The summed E-state index contributed by atoms with van der Waals surface area (Å²) in [5.74, 6) is 0.873. The van der Waals surface area contributed by atoms with Crippen molar-refractivity contribution < 1.29 is 5.11 Å². The molecular formula is C17H33NO. The summed E-state index contributed by atoms with van der Waals surface area (Å²) in [4.78, 5) is 0. The second-order valence-corrected chi connectivity index (χ2v) is 7.81. The van der Waals surface area contributed by atoms with Crippen LogP contribution in [0.15, 0.2) is 0 Å². The fourth-order valence-electron chi connectivity index (χ4n) is 5.03. The Morgan fingerprint density at radius 3 is 2.16 bits per heavy atom. The van der Waals surface area contributed by atoms with Gasteiger partial charge in [0.25, 0.3) is 0 Å². The Labute approximate surface area is 119 Å². The largest absolute Gasteiger partial charge is 0.389 e. The van der Waals surface area contributed by atoms with Crippen LogP contribution in [-0.2, 0) is 0 Å². The first-order chi connectivity index (χ1) is 8.91. The first-order valence-corrected chi connectivity index (χ1v) is 8.33. The number of nitrogens with two attached hydrogens (primary N) is 1. The van der Waals surface area contributed by atoms with Gasteiger partial charge in [-0.15, -0.1) is 0 Å². The maximum Gasteiger partial charge on any atom is 0.0766 e. The minimum absolute atomic E-state index is 0.0166. The molecule has 112 valence electrons. The summed E-state index contributed by atoms with van der Waals surface area (Å²) in [7, 11) is 0. The summed E-state index contributed by atoms with van der Waals surface area (Å²) in [6.07, 6.45) is 10.7. The van der Waals surface area contributed by atoms with Gasteiger partial charge >= 0.3 is 0 Å². The Kier molecular flexibility index (Phi) is 4.32. The fourth-order valence-corrected chi connectivity index (χ4v) is 5.03. The molecule has 0 heterocycles. The average Bonchev–Trinajstić information content (AvgIpc) is 2.67. The lowest BCUT2D eigenvalue weighted by molar-refractivity contribution is -0.159. The zero-order valence-electron chi connectivity index (χ0n) is 13.2. The van der Waals surface area contributed by atoms with Gasteiger partial charge in [0, 0.05) is 12.0 Å². The Bertz CT molecular complexity index is 304. The lowest BCUT2D eigenvalue weighted by Gasteiger charge is -2.54. The molecule has 3 N–H and O–H groups in total. The van der Waals surface area contributed by atoms with E-state index in [2.05, 4.69) is 20.8 Å². The molecule has 2 nitrogen and oxygen atoms in total. The van der Waals surface area contributed by atoms with Crippen molar-refractivity contribution in [1.82, 2.24) is 0 Å². The Morgan fingerprint density at radius 2 is 1.74 bits per heavy atom. The van der Waals surface area contributed by atoms with Crippen LogP contribution in [0, 0.1) is 16.7 Å². The van der Waals surface area contributed by atoms with Crippen molar-refractivity contribution in [3.8, 4) is 0 Å². The zero-order valence-corrected chi connectivity index (χ0v) is 13.2. The Balaban J connectivity index is 2.16. The van der Waals surface area contributed by atoms with Crippen LogP contribution in [0.25, 0.3) is 0 Å². The summed E-state index contributed by atoms with van der Waals surface area (Å²) in [5.41, 5.74) is 5.66. The van der Waals surface area contributed by atoms with Crippen LogP contribution in [-0.4, -0.2) is 17.3 Å².